The maximum Gasteiger partial charge on any atom is 0.197 e. The predicted octanol–water partition coefficient (Wildman–Crippen LogP) is 0.442. The number of aliphatic hydroxyl groups excluding tert-OH is 2. The second kappa shape index (κ2) is 6.23. The summed E-state index contributed by atoms with van der Waals surface area (Å²) in [5.74, 6) is 5.77. The van der Waals surface area contributed by atoms with Gasteiger partial charge in [0.2, 0.25) is 0 Å². The van der Waals surface area contributed by atoms with E-state index in [-0.39, 0.29) is 6.61 Å². The first-order chi connectivity index (χ1) is 7.26. The summed E-state index contributed by atoms with van der Waals surface area (Å²) in [6, 6.07) is 6.96. The first kappa shape index (κ1) is 11.8. The van der Waals surface area contributed by atoms with Crippen LogP contribution in [0.25, 0.3) is 0 Å². The maximum absolute atomic E-state index is 9.41. The van der Waals surface area contributed by atoms with E-state index in [1.54, 1.807) is 24.3 Å². The summed E-state index contributed by atoms with van der Waals surface area (Å²) in [5, 5.41) is 18.0. The molecule has 0 saturated carbocycles. The maximum atomic E-state index is 9.41. The van der Waals surface area contributed by atoms with Crippen LogP contribution in [0.2, 0.25) is 0 Å². The molecule has 0 aliphatic carbocycles. The van der Waals surface area contributed by atoms with Crippen LogP contribution in [0.4, 0.5) is 5.69 Å². The van der Waals surface area contributed by atoms with Crippen molar-refractivity contribution in [2.45, 2.75) is 19.1 Å². The third-order valence-electron chi connectivity index (χ3n) is 1.88. The molecule has 0 aliphatic heterocycles. The van der Waals surface area contributed by atoms with Crippen molar-refractivity contribution < 1.29 is 14.9 Å². The highest BCUT2D eigenvalue weighted by molar-refractivity contribution is 5.46. The lowest BCUT2D eigenvalue weighted by atomic mass is 10.3. The molecule has 1 unspecified atom stereocenters. The molecular formula is C10H16N2O3. The molecular weight excluding hydrogens is 196 g/mol. The van der Waals surface area contributed by atoms with Crippen molar-refractivity contribution >= 4 is 5.69 Å². The van der Waals surface area contributed by atoms with Gasteiger partial charge in [-0.3, -0.25) is 5.84 Å². The van der Waals surface area contributed by atoms with Crippen LogP contribution in [-0.4, -0.2) is 23.1 Å². The van der Waals surface area contributed by atoms with Gasteiger partial charge in [0.1, 0.15) is 5.75 Å². The highest BCUT2D eigenvalue weighted by atomic mass is 16.6. The molecule has 0 fully saturated rings. The number of aliphatic hydroxyl groups is 2. The van der Waals surface area contributed by atoms with E-state index in [0.29, 0.717) is 24.3 Å². The molecule has 1 aromatic rings. The number of nitrogens with one attached hydrogen (secondary N) is 1. The van der Waals surface area contributed by atoms with Crippen LogP contribution in [0.15, 0.2) is 24.3 Å². The van der Waals surface area contributed by atoms with Gasteiger partial charge in [0.05, 0.1) is 5.69 Å². The van der Waals surface area contributed by atoms with Crippen LogP contribution in [0, 0.1) is 0 Å². The van der Waals surface area contributed by atoms with E-state index in [4.69, 9.17) is 15.7 Å². The first-order valence-electron chi connectivity index (χ1n) is 4.78. The summed E-state index contributed by atoms with van der Waals surface area (Å²) in [5.41, 5.74) is 3.19. The Kier molecular flexibility index (Phi) is 4.89. The molecule has 0 aliphatic rings. The summed E-state index contributed by atoms with van der Waals surface area (Å²) in [4.78, 5) is 0. The largest absolute Gasteiger partial charge is 0.465 e. The average molecular weight is 212 g/mol. The van der Waals surface area contributed by atoms with Crippen LogP contribution in [-0.2, 0) is 0 Å². The molecule has 0 heterocycles. The van der Waals surface area contributed by atoms with Crippen molar-refractivity contribution in [1.82, 2.24) is 0 Å². The topological polar surface area (TPSA) is 87.7 Å². The molecule has 0 bridgehead atoms. The predicted molar refractivity (Wildman–Crippen MR) is 57.2 cm³/mol. The molecule has 0 spiro atoms. The monoisotopic (exact) mass is 212 g/mol. The summed E-state index contributed by atoms with van der Waals surface area (Å²) in [6.45, 7) is 0.0464. The fraction of sp³-hybridized carbons (Fsp3) is 0.400. The average Bonchev–Trinajstić information content (AvgIpc) is 2.26. The lowest BCUT2D eigenvalue weighted by Gasteiger charge is -2.13. The zero-order valence-electron chi connectivity index (χ0n) is 8.39. The Hall–Kier alpha value is -1.30. The van der Waals surface area contributed by atoms with E-state index >= 15 is 0 Å². The number of anilines is 1. The lowest BCUT2D eigenvalue weighted by molar-refractivity contribution is -0.0267. The minimum Gasteiger partial charge on any atom is -0.465 e. The second-order valence-electron chi connectivity index (χ2n) is 3.11. The number of rotatable bonds is 6. The molecule has 1 atom stereocenters. The van der Waals surface area contributed by atoms with Gasteiger partial charge in [-0.2, -0.15) is 0 Å². The molecule has 5 heteroatoms. The van der Waals surface area contributed by atoms with Crippen molar-refractivity contribution in [3.05, 3.63) is 24.3 Å². The number of hydrazine groups is 1. The number of hydrogen-bond acceptors (Lipinski definition) is 5. The molecule has 1 rings (SSSR count). The zero-order chi connectivity index (χ0) is 11.1. The van der Waals surface area contributed by atoms with Gasteiger partial charge in [-0.1, -0.05) is 6.07 Å². The highest BCUT2D eigenvalue weighted by Crippen LogP contribution is 2.18. The van der Waals surface area contributed by atoms with Gasteiger partial charge in [-0.15, -0.1) is 0 Å². The normalized spacial score (nSPS) is 12.2. The summed E-state index contributed by atoms with van der Waals surface area (Å²) in [7, 11) is 0. The van der Waals surface area contributed by atoms with E-state index in [1.165, 1.54) is 0 Å². The second-order valence-corrected chi connectivity index (χ2v) is 3.11. The van der Waals surface area contributed by atoms with Gasteiger partial charge in [0.15, 0.2) is 6.29 Å². The van der Waals surface area contributed by atoms with Crippen LogP contribution >= 0.6 is 0 Å². The number of ether oxygens (including phenoxy) is 1. The Balaban J connectivity index is 2.48. The Bertz CT molecular complexity index is 294. The Morgan fingerprint density at radius 2 is 2.27 bits per heavy atom. The van der Waals surface area contributed by atoms with Crippen LogP contribution in [0.5, 0.6) is 5.75 Å². The Labute approximate surface area is 88.5 Å². The fourth-order valence-corrected chi connectivity index (χ4v) is 1.14. The third kappa shape index (κ3) is 4.16. The van der Waals surface area contributed by atoms with Gasteiger partial charge >= 0.3 is 0 Å². The van der Waals surface area contributed by atoms with Crippen LogP contribution < -0.4 is 16.0 Å². The quantitative estimate of drug-likeness (QED) is 0.312. The molecule has 15 heavy (non-hydrogen) atoms. The van der Waals surface area contributed by atoms with Crippen molar-refractivity contribution in [3.8, 4) is 5.75 Å². The SMILES string of the molecule is NNc1cccc(OC(O)CCCO)c1. The van der Waals surface area contributed by atoms with Crippen molar-refractivity contribution in [2.75, 3.05) is 12.0 Å². The molecule has 0 saturated heterocycles. The van der Waals surface area contributed by atoms with Crippen molar-refractivity contribution in [2.24, 2.45) is 5.84 Å². The van der Waals surface area contributed by atoms with Crippen molar-refractivity contribution in [3.63, 3.8) is 0 Å². The number of benzene rings is 1. The lowest BCUT2D eigenvalue weighted by Crippen LogP contribution is -2.16. The summed E-state index contributed by atoms with van der Waals surface area (Å²) < 4.78 is 5.21. The molecule has 0 aromatic heterocycles. The Morgan fingerprint density at radius 3 is 2.93 bits per heavy atom. The molecule has 5 N–H and O–H groups in total. The molecule has 1 aromatic carbocycles. The molecule has 0 amide bonds. The van der Waals surface area contributed by atoms with E-state index in [9.17, 15) is 5.11 Å². The number of hydrogen-bond donors (Lipinski definition) is 4. The van der Waals surface area contributed by atoms with E-state index < -0.39 is 6.29 Å². The Morgan fingerprint density at radius 1 is 1.47 bits per heavy atom. The zero-order valence-corrected chi connectivity index (χ0v) is 8.39. The van der Waals surface area contributed by atoms with Gasteiger partial charge in [-0.05, 0) is 18.6 Å². The fourth-order valence-electron chi connectivity index (χ4n) is 1.14. The molecule has 5 nitrogen and oxygen atoms in total. The van der Waals surface area contributed by atoms with E-state index in [0.717, 1.165) is 0 Å². The molecule has 84 valence electrons. The van der Waals surface area contributed by atoms with Gasteiger partial charge in [0.25, 0.3) is 0 Å². The minimum atomic E-state index is -0.898. The van der Waals surface area contributed by atoms with Crippen molar-refractivity contribution in [1.29, 1.82) is 0 Å². The number of nitrogen functional groups attached to an aromatic ring is 1. The van der Waals surface area contributed by atoms with E-state index in [1.807, 2.05) is 0 Å². The smallest absolute Gasteiger partial charge is 0.197 e. The van der Waals surface area contributed by atoms with Gasteiger partial charge < -0.3 is 20.4 Å². The molecule has 0 radical (unpaired) electrons. The van der Waals surface area contributed by atoms with Crippen LogP contribution in [0.3, 0.4) is 0 Å². The number of nitrogens with two attached hydrogens (primary N) is 1. The van der Waals surface area contributed by atoms with Gasteiger partial charge in [0, 0.05) is 19.1 Å². The highest BCUT2D eigenvalue weighted by Gasteiger charge is 2.05. The van der Waals surface area contributed by atoms with E-state index in [2.05, 4.69) is 5.43 Å². The standard InChI is InChI=1S/C10H16N2O3/c11-12-8-3-1-4-9(7-8)15-10(14)5-2-6-13/h1,3-4,7,10,12-14H,2,5-6,11H2. The van der Waals surface area contributed by atoms with Gasteiger partial charge in [-0.25, -0.2) is 0 Å². The van der Waals surface area contributed by atoms with Crippen LogP contribution in [0.1, 0.15) is 12.8 Å². The first-order valence-corrected chi connectivity index (χ1v) is 4.78. The minimum absolute atomic E-state index is 0.0464. The third-order valence-corrected chi connectivity index (χ3v) is 1.88. The summed E-state index contributed by atoms with van der Waals surface area (Å²) >= 11 is 0. The summed E-state index contributed by atoms with van der Waals surface area (Å²) in [6.07, 6.45) is 0.0115.